The fraction of sp³-hybridized carbons (Fsp3) is 0.182. The molecule has 1 heterocycles. The van der Waals surface area contributed by atoms with Crippen LogP contribution in [0.2, 0.25) is 0 Å². The largest absolute Gasteiger partial charge is 0.464 e. The number of hydrogen-bond donors (Lipinski definition) is 1. The number of aliphatic imine (C=N–C) groups is 1. The van der Waals surface area contributed by atoms with Crippen molar-refractivity contribution in [2.75, 3.05) is 19.0 Å². The van der Waals surface area contributed by atoms with Crippen LogP contribution in [0.1, 0.15) is 5.56 Å². The standard InChI is InChI=1S/C11H9FN2O3/c1-17-11(16)10-7-4-6(12)2-3-8(7)14-9(15)5-13-10/h2-4H,5H2,1H3,(H,14,15). The first-order valence-corrected chi connectivity index (χ1v) is 4.84. The number of nitrogens with zero attached hydrogens (tertiary/aromatic N) is 1. The van der Waals surface area contributed by atoms with Crippen LogP contribution in [0.25, 0.3) is 0 Å². The van der Waals surface area contributed by atoms with Crippen LogP contribution < -0.4 is 5.32 Å². The molecule has 0 unspecified atom stereocenters. The Morgan fingerprint density at radius 3 is 3.00 bits per heavy atom. The highest BCUT2D eigenvalue weighted by Crippen LogP contribution is 2.20. The minimum Gasteiger partial charge on any atom is -0.464 e. The minimum atomic E-state index is -0.701. The summed E-state index contributed by atoms with van der Waals surface area (Å²) in [6.45, 7) is -0.194. The molecule has 1 aromatic rings. The van der Waals surface area contributed by atoms with Crippen molar-refractivity contribution in [3.63, 3.8) is 0 Å². The summed E-state index contributed by atoms with van der Waals surface area (Å²) >= 11 is 0. The second-order valence-electron chi connectivity index (χ2n) is 3.39. The fourth-order valence-corrected chi connectivity index (χ4v) is 1.52. The lowest BCUT2D eigenvalue weighted by Crippen LogP contribution is -2.17. The molecule has 6 heteroatoms. The number of halogens is 1. The van der Waals surface area contributed by atoms with Crippen LogP contribution in [-0.4, -0.2) is 31.2 Å². The Morgan fingerprint density at radius 1 is 1.53 bits per heavy atom. The predicted molar refractivity (Wildman–Crippen MR) is 58.4 cm³/mol. The first-order valence-electron chi connectivity index (χ1n) is 4.84. The Balaban J connectivity index is 2.57. The monoisotopic (exact) mass is 236 g/mol. The minimum absolute atomic E-state index is 0.0552. The van der Waals surface area contributed by atoms with E-state index in [1.165, 1.54) is 19.2 Å². The van der Waals surface area contributed by atoms with Gasteiger partial charge in [-0.1, -0.05) is 0 Å². The summed E-state index contributed by atoms with van der Waals surface area (Å²) in [6.07, 6.45) is 0. The van der Waals surface area contributed by atoms with E-state index in [4.69, 9.17) is 0 Å². The van der Waals surface area contributed by atoms with E-state index in [1.807, 2.05) is 0 Å². The van der Waals surface area contributed by atoms with Crippen molar-refractivity contribution < 1.29 is 18.7 Å². The first kappa shape index (κ1) is 11.3. The molecule has 5 nitrogen and oxygen atoms in total. The number of benzene rings is 1. The number of benzodiazepines with no additional fused rings is 1. The smallest absolute Gasteiger partial charge is 0.356 e. The molecule has 17 heavy (non-hydrogen) atoms. The number of fused-ring (bicyclic) bond motifs is 1. The zero-order chi connectivity index (χ0) is 12.4. The molecule has 1 N–H and O–H groups in total. The zero-order valence-electron chi connectivity index (χ0n) is 8.99. The number of anilines is 1. The van der Waals surface area contributed by atoms with Gasteiger partial charge < -0.3 is 10.1 Å². The predicted octanol–water partition coefficient (Wildman–Crippen LogP) is 0.740. The average Bonchev–Trinajstić information content (AvgIpc) is 2.47. The Bertz CT molecular complexity index is 525. The molecule has 0 aliphatic carbocycles. The fourth-order valence-electron chi connectivity index (χ4n) is 1.52. The van der Waals surface area contributed by atoms with Crippen molar-refractivity contribution in [1.29, 1.82) is 0 Å². The van der Waals surface area contributed by atoms with Crippen LogP contribution in [-0.2, 0) is 14.3 Å². The molecule has 0 fully saturated rings. The molecular formula is C11H9FN2O3. The number of carbonyl (C=O) groups is 2. The second kappa shape index (κ2) is 4.32. The quantitative estimate of drug-likeness (QED) is 0.731. The average molecular weight is 236 g/mol. The Kier molecular flexibility index (Phi) is 2.86. The number of hydrogen-bond acceptors (Lipinski definition) is 4. The lowest BCUT2D eigenvalue weighted by atomic mass is 10.1. The molecule has 2 rings (SSSR count). The van der Waals surface area contributed by atoms with E-state index in [2.05, 4.69) is 15.0 Å². The van der Waals surface area contributed by atoms with E-state index in [0.29, 0.717) is 5.69 Å². The summed E-state index contributed by atoms with van der Waals surface area (Å²) in [4.78, 5) is 26.6. The van der Waals surface area contributed by atoms with Gasteiger partial charge in [-0.15, -0.1) is 0 Å². The SMILES string of the molecule is COC(=O)C1=NCC(=O)Nc2ccc(F)cc21. The summed E-state index contributed by atoms with van der Waals surface area (Å²) in [7, 11) is 1.20. The van der Waals surface area contributed by atoms with Gasteiger partial charge in [0.15, 0.2) is 5.71 Å². The number of nitrogens with one attached hydrogen (secondary N) is 1. The van der Waals surface area contributed by atoms with Crippen LogP contribution >= 0.6 is 0 Å². The van der Waals surface area contributed by atoms with Gasteiger partial charge in [-0.2, -0.15) is 0 Å². The van der Waals surface area contributed by atoms with Crippen LogP contribution in [0.3, 0.4) is 0 Å². The summed E-state index contributed by atoms with van der Waals surface area (Å²) in [5.41, 5.74) is 0.515. The summed E-state index contributed by atoms with van der Waals surface area (Å²) in [5, 5.41) is 2.53. The molecule has 1 aliphatic rings. The van der Waals surface area contributed by atoms with Crippen molar-refractivity contribution in [1.82, 2.24) is 0 Å². The highest BCUT2D eigenvalue weighted by molar-refractivity contribution is 6.45. The molecule has 88 valence electrons. The molecule has 1 aromatic carbocycles. The number of ether oxygens (including phenoxy) is 1. The third kappa shape index (κ3) is 2.15. The summed E-state index contributed by atoms with van der Waals surface area (Å²) < 4.78 is 17.7. The molecule has 0 aromatic heterocycles. The van der Waals surface area contributed by atoms with Gasteiger partial charge in [0, 0.05) is 5.56 Å². The maximum absolute atomic E-state index is 13.1. The highest BCUT2D eigenvalue weighted by atomic mass is 19.1. The van der Waals surface area contributed by atoms with Crippen LogP contribution in [0, 0.1) is 5.82 Å². The second-order valence-corrected chi connectivity index (χ2v) is 3.39. The summed E-state index contributed by atoms with van der Waals surface area (Å²) in [5.74, 6) is -1.58. The van der Waals surface area contributed by atoms with Crippen LogP contribution in [0.4, 0.5) is 10.1 Å². The van der Waals surface area contributed by atoms with Gasteiger partial charge in [-0.3, -0.25) is 9.79 Å². The highest BCUT2D eigenvalue weighted by Gasteiger charge is 2.22. The Morgan fingerprint density at radius 2 is 2.29 bits per heavy atom. The van der Waals surface area contributed by atoms with E-state index in [-0.39, 0.29) is 23.7 Å². The van der Waals surface area contributed by atoms with Gasteiger partial charge in [0.05, 0.1) is 12.8 Å². The van der Waals surface area contributed by atoms with E-state index in [9.17, 15) is 14.0 Å². The molecule has 0 saturated heterocycles. The van der Waals surface area contributed by atoms with Gasteiger partial charge in [-0.05, 0) is 18.2 Å². The van der Waals surface area contributed by atoms with Crippen molar-refractivity contribution in [2.45, 2.75) is 0 Å². The van der Waals surface area contributed by atoms with Gasteiger partial charge in [0.25, 0.3) is 0 Å². The van der Waals surface area contributed by atoms with Gasteiger partial charge >= 0.3 is 5.97 Å². The maximum Gasteiger partial charge on any atom is 0.356 e. The molecule has 1 aliphatic heterocycles. The van der Waals surface area contributed by atoms with Gasteiger partial charge in [-0.25, -0.2) is 9.18 Å². The van der Waals surface area contributed by atoms with E-state index < -0.39 is 11.8 Å². The Hall–Kier alpha value is -2.24. The molecule has 0 saturated carbocycles. The molecule has 1 amide bonds. The normalized spacial score (nSPS) is 14.2. The summed E-state index contributed by atoms with van der Waals surface area (Å²) in [6, 6.07) is 3.71. The molecular weight excluding hydrogens is 227 g/mol. The van der Waals surface area contributed by atoms with Crippen molar-refractivity contribution in [2.24, 2.45) is 4.99 Å². The maximum atomic E-state index is 13.1. The van der Waals surface area contributed by atoms with Crippen molar-refractivity contribution in [3.8, 4) is 0 Å². The van der Waals surface area contributed by atoms with Gasteiger partial charge in [0.1, 0.15) is 12.4 Å². The number of esters is 1. The topological polar surface area (TPSA) is 67.8 Å². The van der Waals surface area contributed by atoms with E-state index in [1.54, 1.807) is 0 Å². The number of rotatable bonds is 1. The lowest BCUT2D eigenvalue weighted by molar-refractivity contribution is -0.132. The van der Waals surface area contributed by atoms with Crippen LogP contribution in [0.5, 0.6) is 0 Å². The number of methoxy groups -OCH3 is 1. The Labute approximate surface area is 96.3 Å². The third-order valence-electron chi connectivity index (χ3n) is 2.27. The molecule has 0 radical (unpaired) electrons. The molecule has 0 bridgehead atoms. The van der Waals surface area contributed by atoms with E-state index >= 15 is 0 Å². The first-order chi connectivity index (χ1) is 8.11. The lowest BCUT2D eigenvalue weighted by Gasteiger charge is -2.07. The van der Waals surface area contributed by atoms with Crippen molar-refractivity contribution >= 4 is 23.3 Å². The third-order valence-corrected chi connectivity index (χ3v) is 2.27. The van der Waals surface area contributed by atoms with Crippen LogP contribution in [0.15, 0.2) is 23.2 Å². The zero-order valence-corrected chi connectivity index (χ0v) is 8.99. The van der Waals surface area contributed by atoms with Crippen molar-refractivity contribution in [3.05, 3.63) is 29.6 Å². The number of amides is 1. The molecule has 0 atom stereocenters. The molecule has 0 spiro atoms. The van der Waals surface area contributed by atoms with E-state index in [0.717, 1.165) is 6.07 Å². The number of carbonyl (C=O) groups excluding carboxylic acids is 2. The van der Waals surface area contributed by atoms with Gasteiger partial charge in [0.2, 0.25) is 5.91 Å².